The molecule has 0 saturated heterocycles. The molecule has 0 aliphatic rings. The number of hydrogen-bond donors (Lipinski definition) is 1. The fraction of sp³-hybridized carbons (Fsp3) is 0.214. The van der Waals surface area contributed by atoms with Crippen LogP contribution in [-0.4, -0.2) is 4.98 Å². The Balaban J connectivity index is 2.21. The maximum Gasteiger partial charge on any atom is 0.162 e. The summed E-state index contributed by atoms with van der Waals surface area (Å²) in [7, 11) is 0. The van der Waals surface area contributed by atoms with Crippen LogP contribution in [0.4, 0.5) is 8.78 Å². The van der Waals surface area contributed by atoms with E-state index in [1.807, 2.05) is 19.1 Å². The number of halogens is 2. The van der Waals surface area contributed by atoms with Crippen LogP contribution in [0.25, 0.3) is 0 Å². The van der Waals surface area contributed by atoms with E-state index in [1.165, 1.54) is 12.1 Å². The number of pyridine rings is 1. The van der Waals surface area contributed by atoms with Crippen LogP contribution in [0.15, 0.2) is 36.4 Å². The van der Waals surface area contributed by atoms with Crippen LogP contribution >= 0.6 is 0 Å². The highest BCUT2D eigenvalue weighted by molar-refractivity contribution is 5.22. The molecule has 0 spiro atoms. The van der Waals surface area contributed by atoms with Crippen molar-refractivity contribution in [2.45, 2.75) is 19.4 Å². The van der Waals surface area contributed by atoms with Crippen molar-refractivity contribution in [3.05, 3.63) is 65.0 Å². The van der Waals surface area contributed by atoms with Gasteiger partial charge in [-0.3, -0.25) is 4.98 Å². The summed E-state index contributed by atoms with van der Waals surface area (Å²) in [5.41, 5.74) is 7.76. The van der Waals surface area contributed by atoms with E-state index < -0.39 is 17.7 Å². The molecule has 0 amide bonds. The Morgan fingerprint density at radius 3 is 2.61 bits per heavy atom. The lowest BCUT2D eigenvalue weighted by Crippen LogP contribution is -2.16. The second kappa shape index (κ2) is 5.23. The Labute approximate surface area is 104 Å². The summed E-state index contributed by atoms with van der Waals surface area (Å²) in [5, 5.41) is 0. The highest BCUT2D eigenvalue weighted by atomic mass is 19.2. The lowest BCUT2D eigenvalue weighted by atomic mass is 10.0. The second-order valence-electron chi connectivity index (χ2n) is 4.23. The number of rotatable bonds is 3. The smallest absolute Gasteiger partial charge is 0.162 e. The molecule has 0 aliphatic heterocycles. The fourth-order valence-electron chi connectivity index (χ4n) is 1.82. The van der Waals surface area contributed by atoms with Crippen molar-refractivity contribution in [1.82, 2.24) is 4.98 Å². The van der Waals surface area contributed by atoms with Gasteiger partial charge in [0.05, 0.1) is 11.7 Å². The van der Waals surface area contributed by atoms with Gasteiger partial charge in [0.1, 0.15) is 0 Å². The predicted octanol–water partition coefficient (Wildman–Crippen LogP) is 2.91. The Hall–Kier alpha value is -1.81. The van der Waals surface area contributed by atoms with Crippen molar-refractivity contribution in [2.24, 2.45) is 5.73 Å². The van der Waals surface area contributed by atoms with Crippen LogP contribution in [0.2, 0.25) is 0 Å². The first kappa shape index (κ1) is 12.6. The third kappa shape index (κ3) is 2.71. The Morgan fingerprint density at radius 1 is 1.17 bits per heavy atom. The molecule has 4 heteroatoms. The van der Waals surface area contributed by atoms with Gasteiger partial charge in [0.25, 0.3) is 0 Å². The van der Waals surface area contributed by atoms with E-state index in [2.05, 4.69) is 4.98 Å². The number of nitrogens with zero attached hydrogens (tertiary/aromatic N) is 1. The summed E-state index contributed by atoms with van der Waals surface area (Å²) in [6.07, 6.45) is 0.222. The maximum absolute atomic E-state index is 13.5. The molecule has 2 N–H and O–H groups in total. The Morgan fingerprint density at radius 2 is 1.89 bits per heavy atom. The van der Waals surface area contributed by atoms with Gasteiger partial charge in [0, 0.05) is 5.69 Å². The van der Waals surface area contributed by atoms with E-state index >= 15 is 0 Å². The number of aromatic nitrogens is 1. The molecule has 2 nitrogen and oxygen atoms in total. The molecule has 0 bridgehead atoms. The summed E-state index contributed by atoms with van der Waals surface area (Å²) in [6.45, 7) is 1.86. The molecule has 1 heterocycles. The molecule has 1 aromatic heterocycles. The zero-order chi connectivity index (χ0) is 13.1. The van der Waals surface area contributed by atoms with Crippen molar-refractivity contribution in [2.75, 3.05) is 0 Å². The van der Waals surface area contributed by atoms with E-state index in [-0.39, 0.29) is 12.0 Å². The lowest BCUT2D eigenvalue weighted by molar-refractivity contribution is 0.493. The van der Waals surface area contributed by atoms with E-state index in [4.69, 9.17) is 5.73 Å². The number of hydrogen-bond acceptors (Lipinski definition) is 2. The standard InChI is InChI=1S/C14H14F2N2/c1-9-4-2-7-13(18-9)12(17)8-10-5-3-6-11(15)14(10)16/h2-7,12H,8,17H2,1H3. The molecule has 0 radical (unpaired) electrons. The molecule has 2 aromatic rings. The average molecular weight is 248 g/mol. The number of benzene rings is 1. The van der Waals surface area contributed by atoms with Crippen LogP contribution < -0.4 is 5.73 Å². The Bertz CT molecular complexity index is 555. The quantitative estimate of drug-likeness (QED) is 0.907. The van der Waals surface area contributed by atoms with Crippen LogP contribution in [0.3, 0.4) is 0 Å². The van der Waals surface area contributed by atoms with Crippen molar-refractivity contribution in [3.63, 3.8) is 0 Å². The van der Waals surface area contributed by atoms with Gasteiger partial charge in [-0.25, -0.2) is 8.78 Å². The molecule has 1 aromatic carbocycles. The molecule has 0 fully saturated rings. The van der Waals surface area contributed by atoms with Gasteiger partial charge in [0.2, 0.25) is 0 Å². The van der Waals surface area contributed by atoms with Crippen molar-refractivity contribution in [1.29, 1.82) is 0 Å². The predicted molar refractivity (Wildman–Crippen MR) is 66.0 cm³/mol. The van der Waals surface area contributed by atoms with Crippen LogP contribution in [0.5, 0.6) is 0 Å². The van der Waals surface area contributed by atoms with E-state index in [9.17, 15) is 8.78 Å². The summed E-state index contributed by atoms with van der Waals surface area (Å²) >= 11 is 0. The molecule has 0 saturated carbocycles. The second-order valence-corrected chi connectivity index (χ2v) is 4.23. The monoisotopic (exact) mass is 248 g/mol. The minimum atomic E-state index is -0.850. The van der Waals surface area contributed by atoms with Crippen LogP contribution in [0, 0.1) is 18.6 Å². The zero-order valence-corrected chi connectivity index (χ0v) is 10.0. The van der Waals surface area contributed by atoms with Gasteiger partial charge >= 0.3 is 0 Å². The molecular formula is C14H14F2N2. The highest BCUT2D eigenvalue weighted by Crippen LogP contribution is 2.18. The number of nitrogens with two attached hydrogens (primary N) is 1. The topological polar surface area (TPSA) is 38.9 Å². The minimum Gasteiger partial charge on any atom is -0.322 e. The fourth-order valence-corrected chi connectivity index (χ4v) is 1.82. The van der Waals surface area contributed by atoms with Gasteiger partial charge in [-0.2, -0.15) is 0 Å². The third-order valence-electron chi connectivity index (χ3n) is 2.76. The molecule has 18 heavy (non-hydrogen) atoms. The summed E-state index contributed by atoms with van der Waals surface area (Å²) in [6, 6.07) is 9.15. The van der Waals surface area contributed by atoms with Crippen molar-refractivity contribution >= 4 is 0 Å². The minimum absolute atomic E-state index is 0.222. The van der Waals surface area contributed by atoms with Crippen molar-refractivity contribution in [3.8, 4) is 0 Å². The zero-order valence-electron chi connectivity index (χ0n) is 10.0. The van der Waals surface area contributed by atoms with Gasteiger partial charge in [0.15, 0.2) is 11.6 Å². The summed E-state index contributed by atoms with van der Waals surface area (Å²) in [4.78, 5) is 4.28. The first-order valence-electron chi connectivity index (χ1n) is 5.70. The van der Waals surface area contributed by atoms with Gasteiger partial charge in [-0.15, -0.1) is 0 Å². The van der Waals surface area contributed by atoms with E-state index in [0.29, 0.717) is 5.69 Å². The van der Waals surface area contributed by atoms with E-state index in [0.717, 1.165) is 11.8 Å². The lowest BCUT2D eigenvalue weighted by Gasteiger charge is -2.12. The molecule has 1 atom stereocenters. The SMILES string of the molecule is Cc1cccc(C(N)Cc2cccc(F)c2F)n1. The molecular weight excluding hydrogens is 234 g/mol. The first-order valence-corrected chi connectivity index (χ1v) is 5.70. The largest absolute Gasteiger partial charge is 0.322 e. The first-order chi connectivity index (χ1) is 8.58. The normalized spacial score (nSPS) is 12.4. The van der Waals surface area contributed by atoms with Crippen LogP contribution in [0.1, 0.15) is 23.0 Å². The maximum atomic E-state index is 13.5. The van der Waals surface area contributed by atoms with Gasteiger partial charge in [-0.05, 0) is 37.1 Å². The number of aryl methyl sites for hydroxylation is 1. The molecule has 0 aliphatic carbocycles. The average Bonchev–Trinajstić information content (AvgIpc) is 2.35. The third-order valence-corrected chi connectivity index (χ3v) is 2.76. The van der Waals surface area contributed by atoms with Crippen LogP contribution in [-0.2, 0) is 6.42 Å². The van der Waals surface area contributed by atoms with Crippen molar-refractivity contribution < 1.29 is 8.78 Å². The Kier molecular flexibility index (Phi) is 3.67. The summed E-state index contributed by atoms with van der Waals surface area (Å²) in [5.74, 6) is -1.68. The van der Waals surface area contributed by atoms with Gasteiger partial charge in [-0.1, -0.05) is 18.2 Å². The molecule has 94 valence electrons. The highest BCUT2D eigenvalue weighted by Gasteiger charge is 2.13. The van der Waals surface area contributed by atoms with E-state index in [1.54, 1.807) is 6.07 Å². The molecule has 1 unspecified atom stereocenters. The summed E-state index contributed by atoms with van der Waals surface area (Å²) < 4.78 is 26.6. The van der Waals surface area contributed by atoms with Gasteiger partial charge < -0.3 is 5.73 Å². The molecule has 2 rings (SSSR count).